The minimum absolute atomic E-state index is 0.228. The van der Waals surface area contributed by atoms with Gasteiger partial charge in [-0.15, -0.1) is 0 Å². The smallest absolute Gasteiger partial charge is 0.313 e. The highest BCUT2D eigenvalue weighted by Gasteiger charge is 2.17. The lowest BCUT2D eigenvalue weighted by atomic mass is 10.2. The SMILES string of the molecule is Cc1ccc(F)c(-n2ccnc2SCC(=O)O)c1F. The Morgan fingerprint density at radius 1 is 1.47 bits per heavy atom. The summed E-state index contributed by atoms with van der Waals surface area (Å²) in [5.41, 5.74) is 0.0599. The first-order chi connectivity index (χ1) is 9.00. The fourth-order valence-corrected chi connectivity index (χ4v) is 2.23. The number of hydrogen-bond donors (Lipinski definition) is 1. The summed E-state index contributed by atoms with van der Waals surface area (Å²) in [6, 6.07) is 2.51. The van der Waals surface area contributed by atoms with Gasteiger partial charge in [0.2, 0.25) is 0 Å². The molecule has 0 radical (unpaired) electrons. The van der Waals surface area contributed by atoms with E-state index in [9.17, 15) is 13.6 Å². The molecule has 0 spiro atoms. The molecular formula is C12H10F2N2O2S. The summed E-state index contributed by atoms with van der Waals surface area (Å²) >= 11 is 0.899. The van der Waals surface area contributed by atoms with Crippen LogP contribution in [0.4, 0.5) is 8.78 Å². The van der Waals surface area contributed by atoms with E-state index < -0.39 is 17.6 Å². The van der Waals surface area contributed by atoms with Gasteiger partial charge in [0.05, 0.1) is 5.75 Å². The molecule has 1 aromatic carbocycles. The zero-order valence-electron chi connectivity index (χ0n) is 9.93. The molecule has 0 aliphatic heterocycles. The van der Waals surface area contributed by atoms with Crippen LogP contribution in [0.15, 0.2) is 29.7 Å². The monoisotopic (exact) mass is 284 g/mol. The van der Waals surface area contributed by atoms with E-state index in [4.69, 9.17) is 5.11 Å². The summed E-state index contributed by atoms with van der Waals surface area (Å²) in [5, 5.41) is 8.85. The van der Waals surface area contributed by atoms with E-state index >= 15 is 0 Å². The van der Waals surface area contributed by atoms with Gasteiger partial charge in [-0.1, -0.05) is 17.8 Å². The minimum atomic E-state index is -1.02. The van der Waals surface area contributed by atoms with E-state index in [0.717, 1.165) is 11.8 Å². The maximum absolute atomic E-state index is 14.0. The van der Waals surface area contributed by atoms with E-state index in [2.05, 4.69) is 4.98 Å². The van der Waals surface area contributed by atoms with Crippen molar-refractivity contribution in [2.24, 2.45) is 0 Å². The summed E-state index contributed by atoms with van der Waals surface area (Å²) in [4.78, 5) is 14.4. The molecular weight excluding hydrogens is 274 g/mol. The molecule has 0 atom stereocenters. The van der Waals surface area contributed by atoms with Crippen LogP contribution in [0.3, 0.4) is 0 Å². The van der Waals surface area contributed by atoms with Gasteiger partial charge >= 0.3 is 5.97 Å². The van der Waals surface area contributed by atoms with Gasteiger partial charge in [-0.25, -0.2) is 13.8 Å². The number of rotatable bonds is 4. The molecule has 0 fully saturated rings. The lowest BCUT2D eigenvalue weighted by molar-refractivity contribution is -0.133. The topological polar surface area (TPSA) is 55.1 Å². The number of carboxylic acids is 1. The molecule has 0 saturated carbocycles. The van der Waals surface area contributed by atoms with Crippen LogP contribution >= 0.6 is 11.8 Å². The lowest BCUT2D eigenvalue weighted by Crippen LogP contribution is -2.05. The lowest BCUT2D eigenvalue weighted by Gasteiger charge is -2.10. The highest BCUT2D eigenvalue weighted by Crippen LogP contribution is 2.25. The van der Waals surface area contributed by atoms with Crippen LogP contribution in [0.2, 0.25) is 0 Å². The van der Waals surface area contributed by atoms with Crippen molar-refractivity contribution in [3.63, 3.8) is 0 Å². The second-order valence-electron chi connectivity index (χ2n) is 3.79. The van der Waals surface area contributed by atoms with E-state index in [1.54, 1.807) is 0 Å². The number of aryl methyl sites for hydroxylation is 1. The number of carbonyl (C=O) groups is 1. The molecule has 0 aliphatic rings. The van der Waals surface area contributed by atoms with Crippen molar-refractivity contribution in [3.05, 3.63) is 41.7 Å². The minimum Gasteiger partial charge on any atom is -0.481 e. The second kappa shape index (κ2) is 5.40. The third-order valence-corrected chi connectivity index (χ3v) is 3.38. The third kappa shape index (κ3) is 2.76. The molecule has 100 valence electrons. The Balaban J connectivity index is 2.45. The molecule has 0 bridgehead atoms. The van der Waals surface area contributed by atoms with Crippen molar-refractivity contribution in [3.8, 4) is 5.69 Å². The Bertz CT molecular complexity index is 628. The maximum Gasteiger partial charge on any atom is 0.313 e. The van der Waals surface area contributed by atoms with Gasteiger partial charge in [0.1, 0.15) is 11.5 Å². The number of benzene rings is 1. The number of nitrogens with zero attached hydrogens (tertiary/aromatic N) is 2. The molecule has 1 heterocycles. The summed E-state index contributed by atoms with van der Waals surface area (Å²) in [6.07, 6.45) is 2.76. The molecule has 0 amide bonds. The average Bonchev–Trinajstić information content (AvgIpc) is 2.80. The Morgan fingerprint density at radius 3 is 2.89 bits per heavy atom. The van der Waals surface area contributed by atoms with Crippen molar-refractivity contribution < 1.29 is 18.7 Å². The normalized spacial score (nSPS) is 10.7. The van der Waals surface area contributed by atoms with Gasteiger partial charge in [0.25, 0.3) is 0 Å². The maximum atomic E-state index is 14.0. The largest absolute Gasteiger partial charge is 0.481 e. The number of halogens is 2. The van der Waals surface area contributed by atoms with Crippen LogP contribution in [0.1, 0.15) is 5.56 Å². The van der Waals surface area contributed by atoms with Crippen molar-refractivity contribution in [1.29, 1.82) is 0 Å². The van der Waals surface area contributed by atoms with Crippen molar-refractivity contribution >= 4 is 17.7 Å². The fourth-order valence-electron chi connectivity index (χ4n) is 1.56. The molecule has 0 aliphatic carbocycles. The molecule has 7 heteroatoms. The summed E-state index contributed by atoms with van der Waals surface area (Å²) in [7, 11) is 0. The molecule has 1 aromatic heterocycles. The van der Waals surface area contributed by atoms with Gasteiger partial charge in [0, 0.05) is 12.4 Å². The second-order valence-corrected chi connectivity index (χ2v) is 4.73. The first kappa shape index (κ1) is 13.5. The number of aromatic nitrogens is 2. The van der Waals surface area contributed by atoms with E-state index in [1.165, 1.54) is 36.0 Å². The standard InChI is InChI=1S/C12H10F2N2O2S/c1-7-2-3-8(13)11(10(7)14)16-5-4-15-12(16)19-6-9(17)18/h2-5H,6H2,1H3,(H,17,18). The predicted octanol–water partition coefficient (Wildman–Crippen LogP) is 2.64. The van der Waals surface area contributed by atoms with E-state index in [1.807, 2.05) is 0 Å². The van der Waals surface area contributed by atoms with Gasteiger partial charge in [-0.2, -0.15) is 0 Å². The average molecular weight is 284 g/mol. The number of aliphatic carboxylic acids is 1. The molecule has 2 rings (SSSR count). The van der Waals surface area contributed by atoms with Crippen molar-refractivity contribution in [2.75, 3.05) is 5.75 Å². The molecule has 0 unspecified atom stereocenters. The van der Waals surface area contributed by atoms with Crippen molar-refractivity contribution in [2.45, 2.75) is 12.1 Å². The van der Waals surface area contributed by atoms with Gasteiger partial charge in [-0.3, -0.25) is 9.36 Å². The Kier molecular flexibility index (Phi) is 3.84. The summed E-state index contributed by atoms with van der Waals surface area (Å²) < 4.78 is 29.0. The molecule has 0 saturated heterocycles. The Hall–Kier alpha value is -1.89. The van der Waals surface area contributed by atoms with E-state index in [0.29, 0.717) is 5.56 Å². The molecule has 1 N–H and O–H groups in total. The predicted molar refractivity (Wildman–Crippen MR) is 66.6 cm³/mol. The molecule has 19 heavy (non-hydrogen) atoms. The van der Waals surface area contributed by atoms with Crippen LogP contribution in [0, 0.1) is 18.6 Å². The number of imidazole rings is 1. The van der Waals surface area contributed by atoms with E-state index in [-0.39, 0.29) is 16.6 Å². The summed E-state index contributed by atoms with van der Waals surface area (Å²) in [6.45, 7) is 1.53. The van der Waals surface area contributed by atoms with Gasteiger partial charge < -0.3 is 5.11 Å². The molecule has 4 nitrogen and oxygen atoms in total. The quantitative estimate of drug-likeness (QED) is 0.877. The van der Waals surface area contributed by atoms with Gasteiger partial charge in [-0.05, 0) is 18.6 Å². The Morgan fingerprint density at radius 2 is 2.21 bits per heavy atom. The Labute approximate surface area is 112 Å². The third-order valence-electron chi connectivity index (χ3n) is 2.43. The fraction of sp³-hybridized carbons (Fsp3) is 0.167. The number of carboxylic acid groups (broad SMARTS) is 1. The highest BCUT2D eigenvalue weighted by molar-refractivity contribution is 7.99. The zero-order chi connectivity index (χ0) is 14.0. The first-order valence-electron chi connectivity index (χ1n) is 5.33. The molecule has 2 aromatic rings. The number of thioether (sulfide) groups is 1. The highest BCUT2D eigenvalue weighted by atomic mass is 32.2. The van der Waals surface area contributed by atoms with Crippen LogP contribution in [-0.2, 0) is 4.79 Å². The van der Waals surface area contributed by atoms with Gasteiger partial charge in [0.15, 0.2) is 11.0 Å². The first-order valence-corrected chi connectivity index (χ1v) is 6.32. The van der Waals surface area contributed by atoms with Crippen LogP contribution in [0.5, 0.6) is 0 Å². The van der Waals surface area contributed by atoms with Crippen LogP contribution in [0.25, 0.3) is 5.69 Å². The van der Waals surface area contributed by atoms with Crippen LogP contribution < -0.4 is 0 Å². The number of hydrogen-bond acceptors (Lipinski definition) is 3. The summed E-state index contributed by atoms with van der Waals surface area (Å²) in [5.74, 6) is -2.66. The van der Waals surface area contributed by atoms with Crippen LogP contribution in [-0.4, -0.2) is 26.4 Å². The van der Waals surface area contributed by atoms with Crippen molar-refractivity contribution in [1.82, 2.24) is 9.55 Å². The zero-order valence-corrected chi connectivity index (χ0v) is 10.7.